The molecule has 7 heteroatoms. The smallest absolute Gasteiger partial charge is 0.194 e. The maximum atomic E-state index is 10.5. The minimum atomic E-state index is -0.185. The van der Waals surface area contributed by atoms with Gasteiger partial charge in [0.25, 0.3) is 0 Å². The van der Waals surface area contributed by atoms with Crippen LogP contribution >= 0.6 is 12.2 Å². The van der Waals surface area contributed by atoms with Crippen LogP contribution in [-0.2, 0) is 0 Å². The fraction of sp³-hybridized carbons (Fsp3) is 0.143. The Kier molecular flexibility index (Phi) is 6.25. The van der Waals surface area contributed by atoms with Crippen molar-refractivity contribution in [2.75, 3.05) is 19.5 Å². The second kappa shape index (κ2) is 9.64. The highest BCUT2D eigenvalue weighted by Gasteiger charge is 2.33. The Labute approximate surface area is 209 Å². The van der Waals surface area contributed by atoms with Crippen molar-refractivity contribution in [3.8, 4) is 17.2 Å². The lowest BCUT2D eigenvalue weighted by Gasteiger charge is -2.26. The van der Waals surface area contributed by atoms with Crippen LogP contribution in [0.25, 0.3) is 10.8 Å². The SMILES string of the molecule is COc1ccccc1NC(=S)N1N=C(c2ccccc2O)CC1c1ccc(OC)c2ccccc12. The number of hydrogen-bond acceptors (Lipinski definition) is 5. The number of para-hydroxylation sites is 3. The highest BCUT2D eigenvalue weighted by Crippen LogP contribution is 2.40. The summed E-state index contributed by atoms with van der Waals surface area (Å²) < 4.78 is 11.1. The summed E-state index contributed by atoms with van der Waals surface area (Å²) in [5.41, 5.74) is 3.28. The summed E-state index contributed by atoms with van der Waals surface area (Å²) in [5, 5.41) is 23.0. The van der Waals surface area contributed by atoms with E-state index in [0.29, 0.717) is 22.8 Å². The molecule has 0 radical (unpaired) electrons. The molecule has 0 saturated carbocycles. The highest BCUT2D eigenvalue weighted by atomic mass is 32.1. The van der Waals surface area contributed by atoms with Crippen LogP contribution in [0.15, 0.2) is 90.0 Å². The summed E-state index contributed by atoms with van der Waals surface area (Å²) in [5.74, 6) is 1.69. The maximum absolute atomic E-state index is 10.5. The fourth-order valence-corrected chi connectivity index (χ4v) is 4.78. The third-order valence-corrected chi connectivity index (χ3v) is 6.47. The van der Waals surface area contributed by atoms with Crippen LogP contribution in [0, 0.1) is 0 Å². The Morgan fingerprint density at radius 1 is 0.886 bits per heavy atom. The number of anilines is 1. The molecular formula is C28H25N3O3S. The number of aromatic hydroxyl groups is 1. The molecule has 0 amide bonds. The first-order valence-corrected chi connectivity index (χ1v) is 11.7. The molecular weight excluding hydrogens is 458 g/mol. The molecule has 0 spiro atoms. The van der Waals surface area contributed by atoms with Gasteiger partial charge >= 0.3 is 0 Å². The Balaban J connectivity index is 1.59. The van der Waals surface area contributed by atoms with Gasteiger partial charge in [-0.1, -0.05) is 54.6 Å². The second-order valence-corrected chi connectivity index (χ2v) is 8.55. The van der Waals surface area contributed by atoms with Gasteiger partial charge < -0.3 is 19.9 Å². The lowest BCUT2D eigenvalue weighted by atomic mass is 9.93. The van der Waals surface area contributed by atoms with Crippen LogP contribution in [-0.4, -0.2) is 35.2 Å². The van der Waals surface area contributed by atoms with E-state index < -0.39 is 0 Å². The summed E-state index contributed by atoms with van der Waals surface area (Å²) in [6, 6.07) is 26.8. The average Bonchev–Trinajstić information content (AvgIpc) is 3.33. The Bertz CT molecular complexity index is 1440. The van der Waals surface area contributed by atoms with E-state index in [1.54, 1.807) is 26.4 Å². The fourth-order valence-electron chi connectivity index (χ4n) is 4.50. The molecule has 0 bridgehead atoms. The molecule has 1 unspecified atom stereocenters. The van der Waals surface area contributed by atoms with E-state index in [2.05, 4.69) is 17.4 Å². The molecule has 0 fully saturated rings. The number of hydrazone groups is 1. The molecule has 5 rings (SSSR count). The largest absolute Gasteiger partial charge is 0.507 e. The lowest BCUT2D eigenvalue weighted by molar-refractivity contribution is 0.376. The molecule has 1 aliphatic rings. The van der Waals surface area contributed by atoms with Crippen molar-refractivity contribution < 1.29 is 14.6 Å². The zero-order valence-corrected chi connectivity index (χ0v) is 20.3. The van der Waals surface area contributed by atoms with Crippen LogP contribution in [0.5, 0.6) is 17.2 Å². The van der Waals surface area contributed by atoms with Crippen molar-refractivity contribution in [2.24, 2.45) is 5.10 Å². The van der Waals surface area contributed by atoms with Gasteiger partial charge in [-0.15, -0.1) is 0 Å². The van der Waals surface area contributed by atoms with Crippen LogP contribution in [0.2, 0.25) is 0 Å². The third-order valence-electron chi connectivity index (χ3n) is 6.18. The predicted molar refractivity (Wildman–Crippen MR) is 144 cm³/mol. The first-order valence-electron chi connectivity index (χ1n) is 11.3. The van der Waals surface area contributed by atoms with Gasteiger partial charge in [0.2, 0.25) is 0 Å². The Hall–Kier alpha value is -4.10. The van der Waals surface area contributed by atoms with E-state index >= 15 is 0 Å². The molecule has 2 N–H and O–H groups in total. The number of benzene rings is 4. The zero-order chi connectivity index (χ0) is 24.4. The first kappa shape index (κ1) is 22.7. The molecule has 6 nitrogen and oxygen atoms in total. The average molecular weight is 484 g/mol. The molecule has 0 saturated heterocycles. The van der Waals surface area contributed by atoms with Crippen molar-refractivity contribution in [1.29, 1.82) is 0 Å². The number of methoxy groups -OCH3 is 2. The van der Waals surface area contributed by atoms with Gasteiger partial charge in [-0.05, 0) is 53.5 Å². The van der Waals surface area contributed by atoms with E-state index in [1.807, 2.05) is 65.7 Å². The topological polar surface area (TPSA) is 66.3 Å². The van der Waals surface area contributed by atoms with Gasteiger partial charge in [0.1, 0.15) is 17.2 Å². The number of hydrogen-bond donors (Lipinski definition) is 2. The van der Waals surface area contributed by atoms with Crippen LogP contribution in [0.3, 0.4) is 0 Å². The molecule has 4 aromatic carbocycles. The second-order valence-electron chi connectivity index (χ2n) is 8.16. The summed E-state index contributed by atoms with van der Waals surface area (Å²) >= 11 is 5.85. The number of nitrogens with zero attached hydrogens (tertiary/aromatic N) is 2. The van der Waals surface area contributed by atoms with Crippen molar-refractivity contribution in [2.45, 2.75) is 12.5 Å². The molecule has 4 aromatic rings. The van der Waals surface area contributed by atoms with Crippen LogP contribution in [0.1, 0.15) is 23.6 Å². The number of fused-ring (bicyclic) bond motifs is 1. The van der Waals surface area contributed by atoms with Crippen LogP contribution < -0.4 is 14.8 Å². The molecule has 0 aliphatic carbocycles. The van der Waals surface area contributed by atoms with Gasteiger partial charge in [-0.25, -0.2) is 5.01 Å². The Morgan fingerprint density at radius 3 is 2.34 bits per heavy atom. The standard InChI is InChI=1S/C28H25N3O3S/c1-33-26-16-15-19(18-9-3-4-10-20(18)26)24-17-23(21-11-5-7-13-25(21)32)30-31(24)28(35)29-22-12-6-8-14-27(22)34-2/h3-16,24,32H,17H2,1-2H3,(H,29,35). The number of nitrogens with one attached hydrogen (secondary N) is 1. The van der Waals surface area contributed by atoms with E-state index in [1.165, 1.54) is 0 Å². The predicted octanol–water partition coefficient (Wildman–Crippen LogP) is 6.11. The van der Waals surface area contributed by atoms with E-state index in [4.69, 9.17) is 26.8 Å². The summed E-state index contributed by atoms with van der Waals surface area (Å²) in [6.45, 7) is 0. The van der Waals surface area contributed by atoms with E-state index in [0.717, 1.165) is 33.5 Å². The van der Waals surface area contributed by atoms with Crippen molar-refractivity contribution in [1.82, 2.24) is 5.01 Å². The lowest BCUT2D eigenvalue weighted by Crippen LogP contribution is -2.31. The van der Waals surface area contributed by atoms with E-state index in [9.17, 15) is 5.11 Å². The highest BCUT2D eigenvalue weighted by molar-refractivity contribution is 7.80. The van der Waals surface area contributed by atoms with Gasteiger partial charge in [0.05, 0.1) is 31.7 Å². The zero-order valence-electron chi connectivity index (χ0n) is 19.4. The van der Waals surface area contributed by atoms with Gasteiger partial charge in [0.15, 0.2) is 5.11 Å². The minimum absolute atomic E-state index is 0.185. The summed E-state index contributed by atoms with van der Waals surface area (Å²) in [7, 11) is 3.30. The first-order chi connectivity index (χ1) is 17.1. The molecule has 35 heavy (non-hydrogen) atoms. The molecule has 176 valence electrons. The third kappa shape index (κ3) is 4.26. The van der Waals surface area contributed by atoms with E-state index in [-0.39, 0.29) is 11.8 Å². The molecule has 1 aliphatic heterocycles. The van der Waals surface area contributed by atoms with Crippen molar-refractivity contribution in [3.05, 3.63) is 96.1 Å². The minimum Gasteiger partial charge on any atom is -0.507 e. The quantitative estimate of drug-likeness (QED) is 0.334. The van der Waals surface area contributed by atoms with Gasteiger partial charge in [-0.3, -0.25) is 0 Å². The van der Waals surface area contributed by atoms with Gasteiger partial charge in [-0.2, -0.15) is 5.10 Å². The monoisotopic (exact) mass is 483 g/mol. The summed E-state index contributed by atoms with van der Waals surface area (Å²) in [6.07, 6.45) is 0.571. The molecule has 0 aromatic heterocycles. The normalized spacial score (nSPS) is 15.1. The number of ether oxygens (including phenoxy) is 2. The van der Waals surface area contributed by atoms with Gasteiger partial charge in [0, 0.05) is 17.4 Å². The van der Waals surface area contributed by atoms with Crippen LogP contribution in [0.4, 0.5) is 5.69 Å². The Morgan fingerprint density at radius 2 is 1.57 bits per heavy atom. The number of rotatable bonds is 5. The van der Waals surface area contributed by atoms with Crippen molar-refractivity contribution >= 4 is 39.5 Å². The number of phenolic OH excluding ortho intramolecular Hbond substituents is 1. The number of phenols is 1. The van der Waals surface area contributed by atoms with Crippen molar-refractivity contribution in [3.63, 3.8) is 0 Å². The maximum Gasteiger partial charge on any atom is 0.194 e. The summed E-state index contributed by atoms with van der Waals surface area (Å²) in [4.78, 5) is 0. The number of thiocarbonyl (C=S) groups is 1. The molecule has 1 heterocycles. The molecule has 1 atom stereocenters.